The van der Waals surface area contributed by atoms with Gasteiger partial charge in [0.05, 0.1) is 11.3 Å². The molecule has 2 rings (SSSR count). The van der Waals surface area contributed by atoms with E-state index in [-0.39, 0.29) is 5.91 Å². The molecular formula is C11H11N3OS2. The van der Waals surface area contributed by atoms with Crippen LogP contribution < -0.4 is 5.32 Å². The number of anilines is 1. The van der Waals surface area contributed by atoms with E-state index < -0.39 is 0 Å². The van der Waals surface area contributed by atoms with Gasteiger partial charge in [-0.25, -0.2) is 9.97 Å². The Bertz CT molecular complexity index is 539. The summed E-state index contributed by atoms with van der Waals surface area (Å²) in [7, 11) is 0. The Morgan fingerprint density at radius 3 is 3.00 bits per heavy atom. The number of aryl methyl sites for hydroxylation is 1. The first-order chi connectivity index (χ1) is 8.20. The molecule has 1 N–H and O–H groups in total. The topological polar surface area (TPSA) is 54.9 Å². The zero-order valence-corrected chi connectivity index (χ0v) is 11.1. The minimum absolute atomic E-state index is 0.170. The molecule has 2 aromatic rings. The second-order valence-corrected chi connectivity index (χ2v) is 4.96. The molecule has 0 unspecified atom stereocenters. The van der Waals surface area contributed by atoms with Crippen molar-refractivity contribution in [3.05, 3.63) is 35.0 Å². The molecule has 88 valence electrons. The van der Waals surface area contributed by atoms with Gasteiger partial charge in [0, 0.05) is 11.6 Å². The van der Waals surface area contributed by atoms with Crippen LogP contribution in [0.5, 0.6) is 0 Å². The molecule has 0 aromatic carbocycles. The van der Waals surface area contributed by atoms with Crippen molar-refractivity contribution in [3.63, 3.8) is 0 Å². The van der Waals surface area contributed by atoms with Gasteiger partial charge in [0.25, 0.3) is 5.91 Å². The van der Waals surface area contributed by atoms with E-state index in [2.05, 4.69) is 15.3 Å². The maximum Gasteiger partial charge on any atom is 0.260 e. The van der Waals surface area contributed by atoms with Crippen LogP contribution in [0.15, 0.2) is 28.7 Å². The Hall–Kier alpha value is -1.40. The first kappa shape index (κ1) is 12.1. The van der Waals surface area contributed by atoms with E-state index in [9.17, 15) is 4.79 Å². The Morgan fingerprint density at radius 1 is 1.53 bits per heavy atom. The molecule has 0 fully saturated rings. The maximum atomic E-state index is 12.0. The summed E-state index contributed by atoms with van der Waals surface area (Å²) in [4.78, 5) is 20.3. The number of rotatable bonds is 3. The van der Waals surface area contributed by atoms with Gasteiger partial charge in [0.15, 0.2) is 5.13 Å². The average Bonchev–Trinajstić information content (AvgIpc) is 2.74. The van der Waals surface area contributed by atoms with Crippen molar-refractivity contribution < 1.29 is 4.79 Å². The van der Waals surface area contributed by atoms with Crippen molar-refractivity contribution in [1.29, 1.82) is 0 Å². The Kier molecular flexibility index (Phi) is 3.75. The van der Waals surface area contributed by atoms with E-state index in [0.29, 0.717) is 10.7 Å². The van der Waals surface area contributed by atoms with Gasteiger partial charge in [-0.3, -0.25) is 10.1 Å². The second kappa shape index (κ2) is 5.29. The standard InChI is InChI=1S/C11H11N3OS2/c1-7-6-17-11(13-7)14-9(15)8-4-3-5-12-10(8)16-2/h3-6H,1-2H3,(H,13,14,15). The lowest BCUT2D eigenvalue weighted by Crippen LogP contribution is -2.13. The first-order valence-corrected chi connectivity index (χ1v) is 7.03. The molecule has 0 spiro atoms. The number of pyridine rings is 1. The molecule has 0 aliphatic carbocycles. The molecule has 2 aromatic heterocycles. The number of amides is 1. The molecule has 17 heavy (non-hydrogen) atoms. The number of aromatic nitrogens is 2. The van der Waals surface area contributed by atoms with Crippen molar-refractivity contribution in [3.8, 4) is 0 Å². The SMILES string of the molecule is CSc1ncccc1C(=O)Nc1nc(C)cs1. The summed E-state index contributed by atoms with van der Waals surface area (Å²) in [6.45, 7) is 1.89. The molecule has 0 aliphatic heterocycles. The van der Waals surface area contributed by atoms with E-state index >= 15 is 0 Å². The number of thiazole rings is 1. The molecule has 0 aliphatic rings. The smallest absolute Gasteiger partial charge is 0.260 e. The van der Waals surface area contributed by atoms with Gasteiger partial charge < -0.3 is 0 Å². The van der Waals surface area contributed by atoms with Crippen molar-refractivity contribution in [2.24, 2.45) is 0 Å². The quantitative estimate of drug-likeness (QED) is 0.867. The van der Waals surface area contributed by atoms with E-state index in [4.69, 9.17) is 0 Å². The van der Waals surface area contributed by atoms with Crippen molar-refractivity contribution in [2.75, 3.05) is 11.6 Å². The monoisotopic (exact) mass is 265 g/mol. The Labute approximate surface area is 107 Å². The average molecular weight is 265 g/mol. The highest BCUT2D eigenvalue weighted by Crippen LogP contribution is 2.20. The third kappa shape index (κ3) is 2.83. The summed E-state index contributed by atoms with van der Waals surface area (Å²) >= 11 is 2.87. The summed E-state index contributed by atoms with van der Waals surface area (Å²) in [5, 5.41) is 6.00. The van der Waals surface area contributed by atoms with Gasteiger partial charge in [-0.1, -0.05) is 0 Å². The lowest BCUT2D eigenvalue weighted by Gasteiger charge is -2.04. The maximum absolute atomic E-state index is 12.0. The van der Waals surface area contributed by atoms with Crippen LogP contribution in [0.4, 0.5) is 5.13 Å². The molecule has 6 heteroatoms. The van der Waals surface area contributed by atoms with Crippen LogP contribution >= 0.6 is 23.1 Å². The van der Waals surface area contributed by atoms with Crippen molar-refractivity contribution in [1.82, 2.24) is 9.97 Å². The Morgan fingerprint density at radius 2 is 2.35 bits per heavy atom. The normalized spacial score (nSPS) is 10.2. The molecule has 0 atom stereocenters. The molecule has 0 saturated heterocycles. The van der Waals surface area contributed by atoms with Gasteiger partial charge in [-0.2, -0.15) is 0 Å². The molecular weight excluding hydrogens is 254 g/mol. The van der Waals surface area contributed by atoms with Gasteiger partial charge in [-0.15, -0.1) is 23.1 Å². The molecule has 1 amide bonds. The van der Waals surface area contributed by atoms with Crippen LogP contribution in [0.3, 0.4) is 0 Å². The highest BCUT2D eigenvalue weighted by molar-refractivity contribution is 7.98. The highest BCUT2D eigenvalue weighted by Gasteiger charge is 2.12. The lowest BCUT2D eigenvalue weighted by atomic mass is 10.3. The van der Waals surface area contributed by atoms with Crippen LogP contribution in [0.2, 0.25) is 0 Å². The van der Waals surface area contributed by atoms with Gasteiger partial charge in [-0.05, 0) is 25.3 Å². The number of thioether (sulfide) groups is 1. The van der Waals surface area contributed by atoms with Gasteiger partial charge in [0.1, 0.15) is 5.03 Å². The van der Waals surface area contributed by atoms with Crippen molar-refractivity contribution in [2.45, 2.75) is 11.9 Å². The predicted molar refractivity (Wildman–Crippen MR) is 70.8 cm³/mol. The summed E-state index contributed by atoms with van der Waals surface area (Å²) in [6, 6.07) is 3.51. The number of hydrogen-bond acceptors (Lipinski definition) is 5. The molecule has 2 heterocycles. The second-order valence-electron chi connectivity index (χ2n) is 3.31. The number of carbonyl (C=O) groups excluding carboxylic acids is 1. The van der Waals surface area contributed by atoms with E-state index in [1.54, 1.807) is 18.3 Å². The summed E-state index contributed by atoms with van der Waals surface area (Å²) in [6.07, 6.45) is 3.57. The zero-order valence-electron chi connectivity index (χ0n) is 9.43. The molecule has 0 saturated carbocycles. The fourth-order valence-electron chi connectivity index (χ4n) is 1.30. The summed E-state index contributed by atoms with van der Waals surface area (Å²) in [5.74, 6) is -0.170. The van der Waals surface area contributed by atoms with Crippen LogP contribution in [0, 0.1) is 6.92 Å². The molecule has 4 nitrogen and oxygen atoms in total. The zero-order chi connectivity index (χ0) is 12.3. The largest absolute Gasteiger partial charge is 0.298 e. The number of carbonyl (C=O) groups is 1. The molecule has 0 radical (unpaired) electrons. The van der Waals surface area contributed by atoms with E-state index in [1.807, 2.05) is 18.6 Å². The Balaban J connectivity index is 2.20. The van der Waals surface area contributed by atoms with E-state index in [0.717, 1.165) is 10.7 Å². The predicted octanol–water partition coefficient (Wildman–Crippen LogP) is 2.82. The minimum atomic E-state index is -0.170. The number of hydrogen-bond donors (Lipinski definition) is 1. The lowest BCUT2D eigenvalue weighted by molar-refractivity contribution is 0.102. The molecule has 0 bridgehead atoms. The van der Waals surface area contributed by atoms with Crippen molar-refractivity contribution >= 4 is 34.1 Å². The van der Waals surface area contributed by atoms with E-state index in [1.165, 1.54) is 23.1 Å². The van der Waals surface area contributed by atoms with Gasteiger partial charge in [0.2, 0.25) is 0 Å². The summed E-state index contributed by atoms with van der Waals surface area (Å²) in [5.41, 5.74) is 1.48. The van der Waals surface area contributed by atoms with Crippen LogP contribution in [0.25, 0.3) is 0 Å². The minimum Gasteiger partial charge on any atom is -0.298 e. The van der Waals surface area contributed by atoms with Gasteiger partial charge >= 0.3 is 0 Å². The van der Waals surface area contributed by atoms with Crippen LogP contribution in [0.1, 0.15) is 16.1 Å². The first-order valence-electron chi connectivity index (χ1n) is 4.93. The third-order valence-electron chi connectivity index (χ3n) is 2.05. The summed E-state index contributed by atoms with van der Waals surface area (Å²) < 4.78 is 0. The fourth-order valence-corrected chi connectivity index (χ4v) is 2.53. The third-order valence-corrected chi connectivity index (χ3v) is 3.64. The van der Waals surface area contributed by atoms with Crippen LogP contribution in [-0.4, -0.2) is 22.1 Å². The number of nitrogens with one attached hydrogen (secondary N) is 1. The fraction of sp³-hybridized carbons (Fsp3) is 0.182. The highest BCUT2D eigenvalue weighted by atomic mass is 32.2. The number of nitrogens with zero attached hydrogens (tertiary/aromatic N) is 2. The van der Waals surface area contributed by atoms with Crippen LogP contribution in [-0.2, 0) is 0 Å².